The van der Waals surface area contributed by atoms with Gasteiger partial charge in [-0.2, -0.15) is 0 Å². The van der Waals surface area contributed by atoms with Crippen LogP contribution in [0.5, 0.6) is 0 Å². The second kappa shape index (κ2) is 13.4. The van der Waals surface area contributed by atoms with Gasteiger partial charge < -0.3 is 29.5 Å². The maximum atomic E-state index is 14.2. The average molecular weight is 642 g/mol. The Labute approximate surface area is 270 Å². The molecule has 3 aliphatic carbocycles. The average Bonchev–Trinajstić information content (AvgIpc) is 2.95. The minimum absolute atomic E-state index is 0.0987. The molecule has 11 heteroatoms. The molecule has 46 heavy (non-hydrogen) atoms. The lowest BCUT2D eigenvalue weighted by molar-refractivity contribution is -0.167. The molecule has 0 aromatic heterocycles. The normalized spacial score (nSPS) is 33.3. The first-order valence-electron chi connectivity index (χ1n) is 15.7. The van der Waals surface area contributed by atoms with Crippen LogP contribution in [0.2, 0.25) is 0 Å². The van der Waals surface area contributed by atoms with Gasteiger partial charge in [0.05, 0.1) is 17.6 Å². The summed E-state index contributed by atoms with van der Waals surface area (Å²) in [5.74, 6) is -3.24. The summed E-state index contributed by atoms with van der Waals surface area (Å²) in [6.07, 6.45) is -5.77. The van der Waals surface area contributed by atoms with Crippen LogP contribution in [-0.4, -0.2) is 94.6 Å². The molecule has 0 heterocycles. The van der Waals surface area contributed by atoms with E-state index >= 15 is 0 Å². The number of hydrogen-bond donors (Lipinski definition) is 3. The van der Waals surface area contributed by atoms with Crippen molar-refractivity contribution in [1.29, 1.82) is 0 Å². The zero-order valence-electron chi connectivity index (χ0n) is 27.9. The quantitative estimate of drug-likeness (QED) is 0.228. The third kappa shape index (κ3) is 6.69. The molecular weight excluding hydrogens is 594 g/mol. The first-order chi connectivity index (χ1) is 21.4. The highest BCUT2D eigenvalue weighted by atomic mass is 16.6. The second-order valence-electron chi connectivity index (χ2n) is 13.9. The molecule has 4 rings (SSSR count). The molecule has 3 N–H and O–H groups in total. The molecule has 0 radical (unpaired) electrons. The number of Topliss-reactive ketones (excluding diaryl/α,β-unsaturated/α-hetero) is 1. The molecular formula is C35H47NO10. The van der Waals surface area contributed by atoms with Gasteiger partial charge >= 0.3 is 17.9 Å². The van der Waals surface area contributed by atoms with E-state index in [2.05, 4.69) is 0 Å². The molecule has 9 atom stereocenters. The molecule has 1 aromatic rings. The fourth-order valence-electron chi connectivity index (χ4n) is 7.67. The molecule has 1 aromatic carbocycles. The zero-order chi connectivity index (χ0) is 34.3. The van der Waals surface area contributed by atoms with Gasteiger partial charge in [0.2, 0.25) is 0 Å². The standard InChI is InChI=1S/C35H47NO10/c1-18-24(44-19(2)37)15-23-26(45-20(3)38)14-22-17-35(6,32(42)30(40)28(18)34(23,4)5)27(39)16-25(22)46-33(43)31(41)29(36(7)8)21-12-10-9-11-13-21/h9-14,23-27,29-31,39-41H,15-17H2,1-8H3/b22-14-. The van der Waals surface area contributed by atoms with Crippen LogP contribution in [0.25, 0.3) is 0 Å². The van der Waals surface area contributed by atoms with E-state index in [1.165, 1.54) is 13.8 Å². The Hall–Kier alpha value is -3.38. The van der Waals surface area contributed by atoms with Gasteiger partial charge in [-0.1, -0.05) is 44.2 Å². The molecule has 3 aliphatic rings. The number of nitrogens with zero attached hydrogens (tertiary/aromatic N) is 1. The van der Waals surface area contributed by atoms with E-state index < -0.39 is 83.1 Å². The van der Waals surface area contributed by atoms with E-state index in [-0.39, 0.29) is 19.3 Å². The summed E-state index contributed by atoms with van der Waals surface area (Å²) >= 11 is 0. The van der Waals surface area contributed by atoms with Gasteiger partial charge in [0, 0.05) is 26.2 Å². The van der Waals surface area contributed by atoms with Crippen LogP contribution in [0.15, 0.2) is 53.1 Å². The van der Waals surface area contributed by atoms with Crippen molar-refractivity contribution in [2.24, 2.45) is 16.7 Å². The third-order valence-corrected chi connectivity index (χ3v) is 10.1. The molecule has 0 aliphatic heterocycles. The summed E-state index contributed by atoms with van der Waals surface area (Å²) in [6.45, 7) is 9.47. The van der Waals surface area contributed by atoms with Crippen molar-refractivity contribution in [2.45, 2.75) is 103 Å². The highest BCUT2D eigenvalue weighted by Crippen LogP contribution is 2.53. The number of fused-ring (bicyclic) bond motifs is 4. The molecule has 11 nitrogen and oxygen atoms in total. The fourth-order valence-corrected chi connectivity index (χ4v) is 7.67. The summed E-state index contributed by atoms with van der Waals surface area (Å²) in [5, 5.41) is 34.4. The van der Waals surface area contributed by atoms with Crippen LogP contribution in [0, 0.1) is 16.7 Å². The number of likely N-dealkylation sites (N-methyl/N-ethyl adjacent to an activating group) is 1. The predicted molar refractivity (Wildman–Crippen MR) is 167 cm³/mol. The Kier molecular flexibility index (Phi) is 10.3. The molecule has 1 saturated carbocycles. The van der Waals surface area contributed by atoms with E-state index in [0.29, 0.717) is 22.3 Å². The number of rotatable bonds is 7. The van der Waals surface area contributed by atoms with Gasteiger partial charge in [-0.3, -0.25) is 19.3 Å². The number of carbonyl (C=O) groups is 4. The van der Waals surface area contributed by atoms with Crippen molar-refractivity contribution in [2.75, 3.05) is 14.1 Å². The van der Waals surface area contributed by atoms with Crippen molar-refractivity contribution in [3.63, 3.8) is 0 Å². The van der Waals surface area contributed by atoms with E-state index in [9.17, 15) is 34.5 Å². The second-order valence-corrected chi connectivity index (χ2v) is 13.9. The number of carbonyl (C=O) groups excluding carboxylic acids is 4. The van der Waals surface area contributed by atoms with Gasteiger partial charge in [-0.05, 0) is 74.6 Å². The van der Waals surface area contributed by atoms with Crippen molar-refractivity contribution < 1.29 is 48.7 Å². The summed E-state index contributed by atoms with van der Waals surface area (Å²) in [7, 11) is 3.46. The number of ketones is 1. The molecule has 0 saturated heterocycles. The number of esters is 3. The highest BCUT2D eigenvalue weighted by molar-refractivity contribution is 5.92. The van der Waals surface area contributed by atoms with Crippen molar-refractivity contribution in [1.82, 2.24) is 4.90 Å². The van der Waals surface area contributed by atoms with Crippen molar-refractivity contribution in [3.8, 4) is 0 Å². The largest absolute Gasteiger partial charge is 0.458 e. The van der Waals surface area contributed by atoms with Gasteiger partial charge in [0.15, 0.2) is 11.9 Å². The van der Waals surface area contributed by atoms with Crippen LogP contribution in [0.1, 0.15) is 72.4 Å². The summed E-state index contributed by atoms with van der Waals surface area (Å²) in [6, 6.07) is 8.28. The smallest absolute Gasteiger partial charge is 0.337 e. The number of aliphatic hydroxyl groups excluding tert-OH is 3. The number of aliphatic hydroxyl groups is 3. The van der Waals surface area contributed by atoms with Gasteiger partial charge in [-0.15, -0.1) is 0 Å². The highest BCUT2D eigenvalue weighted by Gasteiger charge is 2.56. The van der Waals surface area contributed by atoms with E-state index in [0.717, 1.165) is 0 Å². The van der Waals surface area contributed by atoms with Crippen molar-refractivity contribution in [3.05, 3.63) is 58.7 Å². The van der Waals surface area contributed by atoms with Gasteiger partial charge in [-0.25, -0.2) is 4.79 Å². The molecule has 4 bridgehead atoms. The Bertz CT molecular complexity index is 1420. The Morgan fingerprint density at radius 2 is 1.54 bits per heavy atom. The van der Waals surface area contributed by atoms with E-state index in [1.54, 1.807) is 63.2 Å². The number of benzene rings is 1. The van der Waals surface area contributed by atoms with Crippen LogP contribution in [0.3, 0.4) is 0 Å². The monoisotopic (exact) mass is 641 g/mol. The maximum absolute atomic E-state index is 14.2. The first kappa shape index (κ1) is 35.5. The summed E-state index contributed by atoms with van der Waals surface area (Å²) in [4.78, 5) is 54.0. The van der Waals surface area contributed by atoms with Gasteiger partial charge in [0.1, 0.15) is 24.4 Å². The molecule has 9 unspecified atom stereocenters. The van der Waals surface area contributed by atoms with Crippen LogP contribution < -0.4 is 0 Å². The molecule has 1 fully saturated rings. The number of hydrogen-bond acceptors (Lipinski definition) is 11. The first-order valence-corrected chi connectivity index (χ1v) is 15.7. The number of ether oxygens (including phenoxy) is 3. The Morgan fingerprint density at radius 1 is 0.935 bits per heavy atom. The van der Waals surface area contributed by atoms with Gasteiger partial charge in [0.25, 0.3) is 0 Å². The SMILES string of the molecule is CC(=O)OC1CC2C(OC(C)=O)/C=C3/CC(C)(C(=O)C(O)C(=C1C)C2(C)C)C(O)CC3OC(=O)C(O)C(c1ccccc1)N(C)C. The molecule has 0 amide bonds. The predicted octanol–water partition coefficient (Wildman–Crippen LogP) is 2.82. The Morgan fingerprint density at radius 3 is 2.11 bits per heavy atom. The third-order valence-electron chi connectivity index (χ3n) is 10.1. The minimum Gasteiger partial charge on any atom is -0.458 e. The van der Waals surface area contributed by atoms with Crippen LogP contribution in [0.4, 0.5) is 0 Å². The maximum Gasteiger partial charge on any atom is 0.337 e. The van der Waals surface area contributed by atoms with E-state index in [1.807, 2.05) is 19.9 Å². The minimum atomic E-state index is -1.65. The van der Waals surface area contributed by atoms with Crippen LogP contribution >= 0.6 is 0 Å². The summed E-state index contributed by atoms with van der Waals surface area (Å²) < 4.78 is 17.4. The lowest BCUT2D eigenvalue weighted by Crippen LogP contribution is -2.56. The van der Waals surface area contributed by atoms with Crippen molar-refractivity contribution >= 4 is 23.7 Å². The zero-order valence-corrected chi connectivity index (χ0v) is 27.9. The summed E-state index contributed by atoms with van der Waals surface area (Å²) in [5.41, 5.74) is -0.440. The topological polar surface area (TPSA) is 160 Å². The lowest BCUT2D eigenvalue weighted by Gasteiger charge is -2.51. The lowest BCUT2D eigenvalue weighted by atomic mass is 9.57. The van der Waals surface area contributed by atoms with E-state index in [4.69, 9.17) is 14.2 Å². The molecule has 0 spiro atoms. The Balaban J connectivity index is 1.82. The molecule has 252 valence electrons. The van der Waals surface area contributed by atoms with Crippen LogP contribution in [-0.2, 0) is 33.4 Å². The fraction of sp³-hybridized carbons (Fsp3) is 0.600.